The van der Waals surface area contributed by atoms with Crippen LogP contribution in [0.2, 0.25) is 0 Å². The number of piperidine rings is 1. The normalized spacial score (nSPS) is 25.2. The Kier molecular flexibility index (Phi) is 8.72. The van der Waals surface area contributed by atoms with Gasteiger partial charge in [0.2, 0.25) is 12.0 Å². The topological polar surface area (TPSA) is 114 Å². The van der Waals surface area contributed by atoms with Gasteiger partial charge in [0.25, 0.3) is 12.4 Å². The summed E-state index contributed by atoms with van der Waals surface area (Å²) in [5.74, 6) is 1.47. The van der Waals surface area contributed by atoms with Gasteiger partial charge < -0.3 is 29.5 Å². The fourth-order valence-electron chi connectivity index (χ4n) is 4.50. The van der Waals surface area contributed by atoms with Crippen molar-refractivity contribution in [1.29, 1.82) is 0 Å². The van der Waals surface area contributed by atoms with Crippen molar-refractivity contribution in [3.05, 3.63) is 24.3 Å². The first-order chi connectivity index (χ1) is 15.5. The van der Waals surface area contributed by atoms with Gasteiger partial charge in [-0.15, -0.1) is 0 Å². The molecule has 9 nitrogen and oxygen atoms in total. The van der Waals surface area contributed by atoms with Gasteiger partial charge in [-0.2, -0.15) is 0 Å². The minimum absolute atomic E-state index is 0.0726. The predicted octanol–water partition coefficient (Wildman–Crippen LogP) is 1.84. The second kappa shape index (κ2) is 11.7. The van der Waals surface area contributed by atoms with Crippen molar-refractivity contribution in [3.8, 4) is 11.5 Å². The smallest absolute Gasteiger partial charge is 0.290 e. The molecule has 3 aliphatic rings. The van der Waals surface area contributed by atoms with Crippen LogP contribution in [-0.4, -0.2) is 73.3 Å². The van der Waals surface area contributed by atoms with E-state index in [0.29, 0.717) is 11.5 Å². The minimum Gasteiger partial charge on any atom is -0.485 e. The molecule has 176 valence electrons. The van der Waals surface area contributed by atoms with Gasteiger partial charge in [-0.05, 0) is 50.7 Å². The molecule has 0 aromatic heterocycles. The number of nitrogens with zero attached hydrogens (tertiary/aromatic N) is 1. The second-order valence-corrected chi connectivity index (χ2v) is 8.29. The minimum atomic E-state index is -0.633. The monoisotopic (exact) mass is 448 g/mol. The van der Waals surface area contributed by atoms with Crippen LogP contribution in [0.1, 0.15) is 38.5 Å². The molecular formula is C23H32N2O7. The highest BCUT2D eigenvalue weighted by Gasteiger charge is 2.34. The van der Waals surface area contributed by atoms with Crippen LogP contribution in [0.4, 0.5) is 0 Å². The zero-order valence-electron chi connectivity index (χ0n) is 18.4. The van der Waals surface area contributed by atoms with Gasteiger partial charge in [0, 0.05) is 32.2 Å². The first kappa shape index (κ1) is 23.8. The van der Waals surface area contributed by atoms with E-state index in [4.69, 9.17) is 24.1 Å². The quantitative estimate of drug-likeness (QED) is 0.676. The number of amides is 2. The van der Waals surface area contributed by atoms with Gasteiger partial charge in [0.15, 0.2) is 11.5 Å². The van der Waals surface area contributed by atoms with E-state index in [-0.39, 0.29) is 43.0 Å². The van der Waals surface area contributed by atoms with Crippen molar-refractivity contribution in [1.82, 2.24) is 10.2 Å². The van der Waals surface area contributed by atoms with E-state index in [1.807, 2.05) is 23.1 Å². The highest BCUT2D eigenvalue weighted by atomic mass is 16.6. The average Bonchev–Trinajstić information content (AvgIpc) is 2.84. The Hall–Kier alpha value is -2.81. The SMILES string of the molecule is COC1CCN(C(=O)C2CCC(NC(=O)C3COc4ccccc4O3)CC2)CC1.O=CO. The number of carbonyl (C=O) groups is 3. The molecule has 2 amide bonds. The van der Waals surface area contributed by atoms with E-state index in [2.05, 4.69) is 5.32 Å². The van der Waals surface area contributed by atoms with E-state index in [9.17, 15) is 9.59 Å². The summed E-state index contributed by atoms with van der Waals surface area (Å²) in [4.78, 5) is 35.7. The molecule has 0 radical (unpaired) electrons. The zero-order valence-corrected chi connectivity index (χ0v) is 18.4. The Bertz CT molecular complexity index is 771. The van der Waals surface area contributed by atoms with Gasteiger partial charge in [-0.3, -0.25) is 14.4 Å². The third-order valence-corrected chi connectivity index (χ3v) is 6.31. The molecular weight excluding hydrogens is 416 g/mol. The third-order valence-electron chi connectivity index (χ3n) is 6.31. The van der Waals surface area contributed by atoms with Crippen molar-refractivity contribution in [2.24, 2.45) is 5.92 Å². The fourth-order valence-corrected chi connectivity index (χ4v) is 4.50. The maximum Gasteiger partial charge on any atom is 0.290 e. The van der Waals surface area contributed by atoms with Gasteiger partial charge in [0.1, 0.15) is 6.61 Å². The Morgan fingerprint density at radius 2 is 1.72 bits per heavy atom. The van der Waals surface area contributed by atoms with Gasteiger partial charge in [0.05, 0.1) is 6.10 Å². The number of carbonyl (C=O) groups excluding carboxylic acids is 2. The lowest BCUT2D eigenvalue weighted by atomic mass is 9.84. The van der Waals surface area contributed by atoms with E-state index in [1.165, 1.54) is 0 Å². The maximum absolute atomic E-state index is 12.8. The van der Waals surface area contributed by atoms with Crippen molar-refractivity contribution in [2.75, 3.05) is 26.8 Å². The lowest BCUT2D eigenvalue weighted by Crippen LogP contribution is -2.49. The van der Waals surface area contributed by atoms with Crippen molar-refractivity contribution in [3.63, 3.8) is 0 Å². The standard InChI is InChI=1S/C22H30N2O5.CH2O2/c1-27-17-10-12-24(13-11-17)22(26)15-6-8-16(9-7-15)23-21(25)20-14-28-18-4-2-3-5-19(18)29-20;2-1-3/h2-5,15-17,20H,6-14H2,1H3,(H,23,25);1H,(H,2,3). The number of nitrogens with one attached hydrogen (secondary N) is 1. The number of carboxylic acid groups (broad SMARTS) is 1. The van der Waals surface area contributed by atoms with Crippen LogP contribution in [0, 0.1) is 5.92 Å². The molecule has 2 heterocycles. The number of fused-ring (bicyclic) bond motifs is 1. The molecule has 9 heteroatoms. The summed E-state index contributed by atoms with van der Waals surface area (Å²) < 4.78 is 16.8. The molecule has 1 saturated carbocycles. The molecule has 1 saturated heterocycles. The molecule has 4 rings (SSSR count). The number of benzene rings is 1. The summed E-state index contributed by atoms with van der Waals surface area (Å²) in [5, 5.41) is 9.98. The third kappa shape index (κ3) is 6.12. The van der Waals surface area contributed by atoms with Gasteiger partial charge in [-0.25, -0.2) is 0 Å². The van der Waals surface area contributed by atoms with Gasteiger partial charge in [-0.1, -0.05) is 12.1 Å². The number of para-hydroxylation sites is 2. The van der Waals surface area contributed by atoms with Crippen LogP contribution < -0.4 is 14.8 Å². The number of ether oxygens (including phenoxy) is 3. The molecule has 2 aliphatic heterocycles. The molecule has 1 aromatic carbocycles. The van der Waals surface area contributed by atoms with Crippen molar-refractivity contribution in [2.45, 2.75) is 56.8 Å². The first-order valence-electron chi connectivity index (χ1n) is 11.1. The van der Waals surface area contributed by atoms with Gasteiger partial charge >= 0.3 is 0 Å². The average molecular weight is 449 g/mol. The summed E-state index contributed by atoms with van der Waals surface area (Å²) in [6.45, 7) is 1.54. The summed E-state index contributed by atoms with van der Waals surface area (Å²) in [7, 11) is 1.74. The van der Waals surface area contributed by atoms with Crippen LogP contribution >= 0.6 is 0 Å². The molecule has 0 bridgehead atoms. The first-order valence-corrected chi connectivity index (χ1v) is 11.1. The predicted molar refractivity (Wildman–Crippen MR) is 116 cm³/mol. The molecule has 2 fully saturated rings. The van der Waals surface area contributed by atoms with E-state index in [0.717, 1.165) is 51.6 Å². The molecule has 1 atom stereocenters. The highest BCUT2D eigenvalue weighted by molar-refractivity contribution is 5.82. The van der Waals surface area contributed by atoms with Crippen LogP contribution in [-0.2, 0) is 19.1 Å². The number of hydrogen-bond acceptors (Lipinski definition) is 6. The Morgan fingerprint density at radius 1 is 1.09 bits per heavy atom. The van der Waals surface area contributed by atoms with Crippen LogP contribution in [0.15, 0.2) is 24.3 Å². The lowest BCUT2D eigenvalue weighted by molar-refractivity contribution is -0.139. The van der Waals surface area contributed by atoms with Crippen LogP contribution in [0.5, 0.6) is 11.5 Å². The lowest BCUT2D eigenvalue weighted by Gasteiger charge is -2.36. The number of likely N-dealkylation sites (tertiary alicyclic amines) is 1. The Labute approximate surface area is 188 Å². The fraction of sp³-hybridized carbons (Fsp3) is 0.609. The largest absolute Gasteiger partial charge is 0.485 e. The van der Waals surface area contributed by atoms with Crippen molar-refractivity contribution < 1.29 is 33.7 Å². The number of rotatable bonds is 4. The zero-order chi connectivity index (χ0) is 22.9. The maximum atomic E-state index is 12.8. The van der Waals surface area contributed by atoms with Crippen molar-refractivity contribution >= 4 is 18.3 Å². The highest BCUT2D eigenvalue weighted by Crippen LogP contribution is 2.31. The Morgan fingerprint density at radius 3 is 2.34 bits per heavy atom. The molecule has 1 aromatic rings. The molecule has 1 unspecified atom stereocenters. The van der Waals surface area contributed by atoms with Crippen LogP contribution in [0.3, 0.4) is 0 Å². The molecule has 0 spiro atoms. The summed E-state index contributed by atoms with van der Waals surface area (Å²) in [6, 6.07) is 7.47. The summed E-state index contributed by atoms with van der Waals surface area (Å²) in [6.07, 6.45) is 4.76. The van der Waals surface area contributed by atoms with E-state index >= 15 is 0 Å². The summed E-state index contributed by atoms with van der Waals surface area (Å²) >= 11 is 0. The van der Waals surface area contributed by atoms with E-state index in [1.54, 1.807) is 13.2 Å². The summed E-state index contributed by atoms with van der Waals surface area (Å²) in [5.41, 5.74) is 0. The van der Waals surface area contributed by atoms with Crippen LogP contribution in [0.25, 0.3) is 0 Å². The number of hydrogen-bond donors (Lipinski definition) is 2. The second-order valence-electron chi connectivity index (χ2n) is 8.29. The Balaban J connectivity index is 0.000000913. The molecule has 32 heavy (non-hydrogen) atoms. The number of methoxy groups -OCH3 is 1. The van der Waals surface area contributed by atoms with E-state index < -0.39 is 6.10 Å². The molecule has 1 aliphatic carbocycles. The molecule has 2 N–H and O–H groups in total.